The van der Waals surface area contributed by atoms with Crippen molar-refractivity contribution >= 4 is 16.8 Å². The summed E-state index contributed by atoms with van der Waals surface area (Å²) in [5.74, 6) is 1.47. The van der Waals surface area contributed by atoms with Crippen molar-refractivity contribution in [2.75, 3.05) is 7.05 Å². The molecule has 5 heteroatoms. The Balaban J connectivity index is 1.64. The molecule has 29 heavy (non-hydrogen) atoms. The molecule has 5 nitrogen and oxygen atoms in total. The van der Waals surface area contributed by atoms with Crippen molar-refractivity contribution in [2.24, 2.45) is 7.05 Å². The van der Waals surface area contributed by atoms with Crippen LogP contribution in [-0.4, -0.2) is 22.7 Å². The Kier molecular flexibility index (Phi) is 5.04. The predicted octanol–water partition coefficient (Wildman–Crippen LogP) is 4.95. The van der Waals surface area contributed by atoms with Gasteiger partial charge in [0.2, 0.25) is 0 Å². The fraction of sp³-hybridized carbons (Fsp3) is 0.167. The molecule has 146 valence electrons. The number of nitrogens with one attached hydrogen (secondary N) is 1. The van der Waals surface area contributed by atoms with E-state index in [0.29, 0.717) is 0 Å². The molecule has 4 rings (SSSR count). The van der Waals surface area contributed by atoms with Gasteiger partial charge in [-0.05, 0) is 53.4 Å². The second-order valence-corrected chi connectivity index (χ2v) is 6.92. The SMILES string of the molecule is CCc1cc(-c2cccc(Oc3ccc4cnn(C)c4c3)c2)ccc1C(=O)NC. The summed E-state index contributed by atoms with van der Waals surface area (Å²) in [5, 5.41) is 8.05. The number of aryl methyl sites for hydroxylation is 2. The van der Waals surface area contributed by atoms with Crippen LogP contribution in [0.4, 0.5) is 0 Å². The molecule has 1 amide bonds. The number of amides is 1. The number of carbonyl (C=O) groups is 1. The quantitative estimate of drug-likeness (QED) is 0.529. The number of hydrogen-bond donors (Lipinski definition) is 1. The van der Waals surface area contributed by atoms with Crippen molar-refractivity contribution in [2.45, 2.75) is 13.3 Å². The number of benzene rings is 3. The maximum Gasteiger partial charge on any atom is 0.251 e. The van der Waals surface area contributed by atoms with Gasteiger partial charge in [-0.2, -0.15) is 5.10 Å². The standard InChI is InChI=1S/C24H23N3O2/c1-4-16-12-18(9-11-22(16)24(28)25-2)17-6-5-7-20(13-17)29-21-10-8-19-15-26-27(3)23(19)14-21/h5-15H,4H2,1-3H3,(H,25,28). The van der Waals surface area contributed by atoms with Crippen molar-refractivity contribution in [3.63, 3.8) is 0 Å². The molecule has 4 aromatic rings. The number of ether oxygens (including phenoxy) is 1. The summed E-state index contributed by atoms with van der Waals surface area (Å²) in [6.45, 7) is 2.06. The van der Waals surface area contributed by atoms with Gasteiger partial charge in [-0.1, -0.05) is 31.2 Å². The average Bonchev–Trinajstić information content (AvgIpc) is 3.13. The van der Waals surface area contributed by atoms with E-state index in [1.54, 1.807) is 7.05 Å². The molecule has 1 aromatic heterocycles. The molecule has 0 bridgehead atoms. The monoisotopic (exact) mass is 385 g/mol. The summed E-state index contributed by atoms with van der Waals surface area (Å²) < 4.78 is 7.94. The fourth-order valence-electron chi connectivity index (χ4n) is 3.48. The lowest BCUT2D eigenvalue weighted by Crippen LogP contribution is -2.19. The van der Waals surface area contributed by atoms with E-state index in [9.17, 15) is 4.79 Å². The first-order chi connectivity index (χ1) is 14.1. The van der Waals surface area contributed by atoms with Crippen LogP contribution in [0.5, 0.6) is 11.5 Å². The molecule has 0 saturated heterocycles. The number of rotatable bonds is 5. The largest absolute Gasteiger partial charge is 0.457 e. The van der Waals surface area contributed by atoms with E-state index < -0.39 is 0 Å². The van der Waals surface area contributed by atoms with E-state index in [4.69, 9.17) is 4.74 Å². The smallest absolute Gasteiger partial charge is 0.251 e. The number of fused-ring (bicyclic) bond motifs is 1. The Morgan fingerprint density at radius 2 is 1.83 bits per heavy atom. The van der Waals surface area contributed by atoms with Crippen molar-refractivity contribution in [1.29, 1.82) is 0 Å². The van der Waals surface area contributed by atoms with Crippen LogP contribution in [0.25, 0.3) is 22.0 Å². The zero-order valence-corrected chi connectivity index (χ0v) is 16.8. The average molecular weight is 385 g/mol. The highest BCUT2D eigenvalue weighted by atomic mass is 16.5. The third kappa shape index (κ3) is 3.72. The molecule has 0 fully saturated rings. The molecule has 0 spiro atoms. The highest BCUT2D eigenvalue weighted by Crippen LogP contribution is 2.30. The molecule has 0 aliphatic carbocycles. The normalized spacial score (nSPS) is 10.9. The van der Waals surface area contributed by atoms with Crippen LogP contribution in [0.1, 0.15) is 22.8 Å². The van der Waals surface area contributed by atoms with E-state index in [0.717, 1.165) is 51.1 Å². The van der Waals surface area contributed by atoms with Crippen LogP contribution in [-0.2, 0) is 13.5 Å². The summed E-state index contributed by atoms with van der Waals surface area (Å²) in [7, 11) is 3.57. The van der Waals surface area contributed by atoms with Crippen LogP contribution in [0, 0.1) is 0 Å². The zero-order chi connectivity index (χ0) is 20.4. The number of nitrogens with zero attached hydrogens (tertiary/aromatic N) is 2. The maximum absolute atomic E-state index is 12.1. The van der Waals surface area contributed by atoms with E-state index in [-0.39, 0.29) is 5.91 Å². The first-order valence-electron chi connectivity index (χ1n) is 9.64. The molecule has 0 atom stereocenters. The minimum atomic E-state index is -0.0592. The first-order valence-corrected chi connectivity index (χ1v) is 9.64. The summed E-state index contributed by atoms with van der Waals surface area (Å²) in [5.41, 5.74) is 4.87. The van der Waals surface area contributed by atoms with E-state index >= 15 is 0 Å². The first kappa shape index (κ1) is 18.7. The van der Waals surface area contributed by atoms with Crippen molar-refractivity contribution in [1.82, 2.24) is 15.1 Å². The van der Waals surface area contributed by atoms with Gasteiger partial charge in [0.15, 0.2) is 0 Å². The van der Waals surface area contributed by atoms with E-state index in [1.807, 2.05) is 72.5 Å². The van der Waals surface area contributed by atoms with Crippen LogP contribution in [0.2, 0.25) is 0 Å². The van der Waals surface area contributed by atoms with Gasteiger partial charge >= 0.3 is 0 Å². The van der Waals surface area contributed by atoms with Gasteiger partial charge in [-0.3, -0.25) is 9.48 Å². The summed E-state index contributed by atoms with van der Waals surface area (Å²) >= 11 is 0. The number of carbonyl (C=O) groups excluding carboxylic acids is 1. The third-order valence-electron chi connectivity index (χ3n) is 5.08. The molecule has 1 heterocycles. The fourth-order valence-corrected chi connectivity index (χ4v) is 3.48. The van der Waals surface area contributed by atoms with Gasteiger partial charge in [0, 0.05) is 31.1 Å². The van der Waals surface area contributed by atoms with Gasteiger partial charge in [0.25, 0.3) is 5.91 Å². The van der Waals surface area contributed by atoms with Crippen molar-refractivity contribution < 1.29 is 9.53 Å². The highest BCUT2D eigenvalue weighted by molar-refractivity contribution is 5.96. The lowest BCUT2D eigenvalue weighted by molar-refractivity contribution is 0.0962. The van der Waals surface area contributed by atoms with Crippen LogP contribution in [0.15, 0.2) is 66.9 Å². The predicted molar refractivity (Wildman–Crippen MR) is 115 cm³/mol. The Morgan fingerprint density at radius 1 is 1.03 bits per heavy atom. The molecule has 1 N–H and O–H groups in total. The Morgan fingerprint density at radius 3 is 2.62 bits per heavy atom. The van der Waals surface area contributed by atoms with Crippen LogP contribution in [0.3, 0.4) is 0 Å². The van der Waals surface area contributed by atoms with Gasteiger partial charge in [-0.15, -0.1) is 0 Å². The second-order valence-electron chi connectivity index (χ2n) is 6.92. The highest BCUT2D eigenvalue weighted by Gasteiger charge is 2.11. The molecule has 0 aliphatic rings. The molecule has 0 unspecified atom stereocenters. The number of aromatic nitrogens is 2. The lowest BCUT2D eigenvalue weighted by atomic mass is 9.97. The third-order valence-corrected chi connectivity index (χ3v) is 5.08. The molecular formula is C24H23N3O2. The van der Waals surface area contributed by atoms with Crippen molar-refractivity contribution in [3.8, 4) is 22.6 Å². The molecule has 0 aliphatic heterocycles. The minimum Gasteiger partial charge on any atom is -0.457 e. The Hall–Kier alpha value is -3.60. The second kappa shape index (κ2) is 7.80. The zero-order valence-electron chi connectivity index (χ0n) is 16.8. The van der Waals surface area contributed by atoms with Crippen molar-refractivity contribution in [3.05, 3.63) is 78.0 Å². The van der Waals surface area contributed by atoms with Crippen LogP contribution < -0.4 is 10.1 Å². The molecular weight excluding hydrogens is 362 g/mol. The van der Waals surface area contributed by atoms with E-state index in [1.165, 1.54) is 0 Å². The van der Waals surface area contributed by atoms with Crippen LogP contribution >= 0.6 is 0 Å². The Bertz CT molecular complexity index is 1190. The summed E-state index contributed by atoms with van der Waals surface area (Å²) in [6, 6.07) is 19.9. The van der Waals surface area contributed by atoms with Gasteiger partial charge in [-0.25, -0.2) is 0 Å². The minimum absolute atomic E-state index is 0.0592. The Labute approximate surface area is 169 Å². The van der Waals surface area contributed by atoms with E-state index in [2.05, 4.69) is 23.4 Å². The molecule has 3 aromatic carbocycles. The van der Waals surface area contributed by atoms with Gasteiger partial charge in [0.1, 0.15) is 11.5 Å². The van der Waals surface area contributed by atoms with Gasteiger partial charge in [0.05, 0.1) is 11.7 Å². The molecule has 0 radical (unpaired) electrons. The maximum atomic E-state index is 12.1. The topological polar surface area (TPSA) is 56.2 Å². The number of hydrogen-bond acceptors (Lipinski definition) is 3. The molecule has 0 saturated carbocycles. The summed E-state index contributed by atoms with van der Waals surface area (Å²) in [4.78, 5) is 12.1. The lowest BCUT2D eigenvalue weighted by Gasteiger charge is -2.11. The summed E-state index contributed by atoms with van der Waals surface area (Å²) in [6.07, 6.45) is 2.63. The van der Waals surface area contributed by atoms with Gasteiger partial charge < -0.3 is 10.1 Å².